The van der Waals surface area contributed by atoms with E-state index >= 15 is 0 Å². The summed E-state index contributed by atoms with van der Waals surface area (Å²) in [6.45, 7) is 1.37. The minimum absolute atomic E-state index is 0.0368. The van der Waals surface area contributed by atoms with Gasteiger partial charge in [0.2, 0.25) is 0 Å². The van der Waals surface area contributed by atoms with Gasteiger partial charge in [0.1, 0.15) is 22.6 Å². The van der Waals surface area contributed by atoms with Crippen LogP contribution in [0.5, 0.6) is 5.75 Å². The smallest absolute Gasteiger partial charge is 0.337 e. The lowest BCUT2D eigenvalue weighted by Gasteiger charge is -2.15. The molecule has 134 valence electrons. The van der Waals surface area contributed by atoms with E-state index in [9.17, 15) is 23.9 Å². The molecular formula is C17H13FIN3O4. The minimum atomic E-state index is -0.746. The Balaban J connectivity index is 2.27. The summed E-state index contributed by atoms with van der Waals surface area (Å²) in [5.74, 6) is -1.18. The van der Waals surface area contributed by atoms with Crippen LogP contribution in [0.1, 0.15) is 24.4 Å². The van der Waals surface area contributed by atoms with Gasteiger partial charge in [-0.3, -0.25) is 14.2 Å². The quantitative estimate of drug-likeness (QED) is 0.561. The van der Waals surface area contributed by atoms with E-state index in [0.29, 0.717) is 16.4 Å². The number of rotatable bonds is 2. The van der Waals surface area contributed by atoms with Gasteiger partial charge in [0.25, 0.3) is 11.1 Å². The van der Waals surface area contributed by atoms with Crippen molar-refractivity contribution in [1.29, 1.82) is 0 Å². The fourth-order valence-corrected chi connectivity index (χ4v) is 3.45. The SMILES string of the molecule is Cc1c(O)c2c(=O)n(C3CC3)c(=O)n(-c3ccc(I)cc3F)c2[nH]c1=O. The van der Waals surface area contributed by atoms with E-state index in [1.807, 2.05) is 22.6 Å². The monoisotopic (exact) mass is 469 g/mol. The van der Waals surface area contributed by atoms with Gasteiger partial charge in [0, 0.05) is 9.61 Å². The standard InChI is InChI=1S/C17H13FIN3O4/c1-7-13(23)12-14(20-15(7)24)22(11-5-2-8(19)6-10(11)18)17(26)21(16(12)25)9-3-4-9/h2,5-6,9H,3-4H2,1H3,(H2,20,23,24). The molecule has 0 radical (unpaired) electrons. The number of hydrogen-bond acceptors (Lipinski definition) is 4. The molecule has 0 saturated heterocycles. The van der Waals surface area contributed by atoms with Crippen molar-refractivity contribution in [2.45, 2.75) is 25.8 Å². The molecule has 2 N–H and O–H groups in total. The summed E-state index contributed by atoms with van der Waals surface area (Å²) in [5, 5.41) is 10.2. The summed E-state index contributed by atoms with van der Waals surface area (Å²) in [5.41, 5.74) is -2.45. The first-order valence-corrected chi connectivity index (χ1v) is 8.97. The third kappa shape index (κ3) is 2.41. The highest BCUT2D eigenvalue weighted by Crippen LogP contribution is 2.33. The Bertz CT molecular complexity index is 1250. The molecule has 0 atom stereocenters. The van der Waals surface area contributed by atoms with Crippen molar-refractivity contribution >= 4 is 33.6 Å². The number of hydrogen-bond donors (Lipinski definition) is 2. The minimum Gasteiger partial charge on any atom is -0.506 e. The van der Waals surface area contributed by atoms with Crippen LogP contribution in [-0.2, 0) is 0 Å². The maximum atomic E-state index is 14.6. The second-order valence-corrected chi connectivity index (χ2v) is 7.52. The summed E-state index contributed by atoms with van der Waals surface area (Å²) >= 11 is 1.94. The first-order chi connectivity index (χ1) is 12.3. The molecule has 0 spiro atoms. The molecule has 0 bridgehead atoms. The summed E-state index contributed by atoms with van der Waals surface area (Å²) in [7, 11) is 0. The van der Waals surface area contributed by atoms with Crippen molar-refractivity contribution < 1.29 is 9.50 Å². The lowest BCUT2D eigenvalue weighted by Crippen LogP contribution is -2.40. The van der Waals surface area contributed by atoms with Crippen LogP contribution < -0.4 is 16.8 Å². The van der Waals surface area contributed by atoms with E-state index in [2.05, 4.69) is 4.98 Å². The largest absolute Gasteiger partial charge is 0.506 e. The highest BCUT2D eigenvalue weighted by molar-refractivity contribution is 14.1. The summed E-state index contributed by atoms with van der Waals surface area (Å²) in [4.78, 5) is 40.3. The van der Waals surface area contributed by atoms with E-state index in [1.165, 1.54) is 19.1 Å². The van der Waals surface area contributed by atoms with Crippen LogP contribution in [0.15, 0.2) is 32.6 Å². The number of halogens is 2. The van der Waals surface area contributed by atoms with E-state index < -0.39 is 28.4 Å². The average Bonchev–Trinajstić information content (AvgIpc) is 3.39. The van der Waals surface area contributed by atoms with Crippen LogP contribution in [0, 0.1) is 16.3 Å². The molecule has 7 nitrogen and oxygen atoms in total. The third-order valence-electron chi connectivity index (χ3n) is 4.52. The molecule has 26 heavy (non-hydrogen) atoms. The van der Waals surface area contributed by atoms with Gasteiger partial charge in [0.05, 0.1) is 11.3 Å². The van der Waals surface area contributed by atoms with Crippen LogP contribution in [-0.4, -0.2) is 19.2 Å². The van der Waals surface area contributed by atoms with Crippen molar-refractivity contribution in [1.82, 2.24) is 14.1 Å². The lowest BCUT2D eigenvalue weighted by atomic mass is 10.2. The Morgan fingerprint density at radius 1 is 1.27 bits per heavy atom. The maximum absolute atomic E-state index is 14.6. The Hall–Kier alpha value is -2.43. The van der Waals surface area contributed by atoms with E-state index in [0.717, 1.165) is 9.13 Å². The van der Waals surface area contributed by atoms with Crippen LogP contribution in [0.4, 0.5) is 4.39 Å². The molecule has 2 heterocycles. The van der Waals surface area contributed by atoms with Crippen LogP contribution in [0.2, 0.25) is 0 Å². The fourth-order valence-electron chi connectivity index (χ4n) is 2.99. The number of H-pyrrole nitrogens is 1. The van der Waals surface area contributed by atoms with Gasteiger partial charge in [-0.05, 0) is 60.6 Å². The number of nitrogens with one attached hydrogen (secondary N) is 1. The predicted octanol–water partition coefficient (Wildman–Crippen LogP) is 1.93. The van der Waals surface area contributed by atoms with Crippen molar-refractivity contribution in [2.75, 3.05) is 0 Å². The van der Waals surface area contributed by atoms with Crippen molar-refractivity contribution in [3.63, 3.8) is 0 Å². The third-order valence-corrected chi connectivity index (χ3v) is 5.19. The second kappa shape index (κ2) is 5.79. The maximum Gasteiger partial charge on any atom is 0.337 e. The molecule has 1 aliphatic rings. The van der Waals surface area contributed by atoms with Crippen molar-refractivity contribution in [3.05, 3.63) is 64.3 Å². The summed E-state index contributed by atoms with van der Waals surface area (Å²) < 4.78 is 17.2. The number of aromatic hydroxyl groups is 1. The topological polar surface area (TPSA) is 97.1 Å². The van der Waals surface area contributed by atoms with E-state index in [1.54, 1.807) is 6.07 Å². The van der Waals surface area contributed by atoms with Gasteiger partial charge in [-0.1, -0.05) is 0 Å². The fraction of sp³-hybridized carbons (Fsp3) is 0.235. The Kier molecular flexibility index (Phi) is 3.79. The van der Waals surface area contributed by atoms with Crippen molar-refractivity contribution in [2.24, 2.45) is 0 Å². The molecule has 0 amide bonds. The van der Waals surface area contributed by atoms with Gasteiger partial charge >= 0.3 is 5.69 Å². The molecule has 1 saturated carbocycles. The highest BCUT2D eigenvalue weighted by atomic mass is 127. The zero-order valence-corrected chi connectivity index (χ0v) is 15.7. The van der Waals surface area contributed by atoms with Crippen LogP contribution >= 0.6 is 22.6 Å². The number of benzene rings is 1. The van der Waals surface area contributed by atoms with Gasteiger partial charge in [0.15, 0.2) is 0 Å². The molecule has 0 unspecified atom stereocenters. The molecule has 0 aliphatic heterocycles. The number of aromatic nitrogens is 3. The van der Waals surface area contributed by atoms with Gasteiger partial charge in [-0.15, -0.1) is 0 Å². The number of aromatic amines is 1. The van der Waals surface area contributed by atoms with E-state index in [4.69, 9.17) is 0 Å². The molecule has 3 aromatic rings. The Morgan fingerprint density at radius 3 is 2.58 bits per heavy atom. The zero-order valence-electron chi connectivity index (χ0n) is 13.5. The van der Waals surface area contributed by atoms with Crippen molar-refractivity contribution in [3.8, 4) is 11.4 Å². The average molecular weight is 469 g/mol. The summed E-state index contributed by atoms with van der Waals surface area (Å²) in [6.07, 6.45) is 1.30. The predicted molar refractivity (Wildman–Crippen MR) is 102 cm³/mol. The van der Waals surface area contributed by atoms with Crippen LogP contribution in [0.3, 0.4) is 0 Å². The first-order valence-electron chi connectivity index (χ1n) is 7.89. The van der Waals surface area contributed by atoms with Gasteiger partial charge < -0.3 is 10.1 Å². The number of nitrogens with zero attached hydrogens (tertiary/aromatic N) is 2. The number of fused-ring (bicyclic) bond motifs is 1. The van der Waals surface area contributed by atoms with Gasteiger partial charge in [-0.25, -0.2) is 13.8 Å². The molecule has 1 aromatic carbocycles. The Labute approximate surface area is 158 Å². The second-order valence-electron chi connectivity index (χ2n) is 6.27. The molecule has 2 aromatic heterocycles. The highest BCUT2D eigenvalue weighted by Gasteiger charge is 2.31. The molecule has 4 rings (SSSR count). The molecule has 1 fully saturated rings. The van der Waals surface area contributed by atoms with Gasteiger partial charge in [-0.2, -0.15) is 0 Å². The Morgan fingerprint density at radius 2 is 1.96 bits per heavy atom. The summed E-state index contributed by atoms with van der Waals surface area (Å²) in [6, 6.07) is 3.96. The number of pyridine rings is 1. The molecular weight excluding hydrogens is 456 g/mol. The lowest BCUT2D eigenvalue weighted by molar-refractivity contribution is 0.473. The van der Waals surface area contributed by atoms with E-state index in [-0.39, 0.29) is 28.3 Å². The zero-order chi connectivity index (χ0) is 18.7. The normalized spacial score (nSPS) is 14.1. The van der Waals surface area contributed by atoms with Crippen LogP contribution in [0.25, 0.3) is 16.7 Å². The molecule has 1 aliphatic carbocycles. The molecule has 9 heteroatoms. The first kappa shape index (κ1) is 17.0.